The van der Waals surface area contributed by atoms with Crippen molar-refractivity contribution in [1.29, 1.82) is 0 Å². The molecule has 2 N–H and O–H groups in total. The molecule has 0 saturated heterocycles. The molecule has 2 heteroatoms. The van der Waals surface area contributed by atoms with Crippen LogP contribution in [0.25, 0.3) is 0 Å². The number of hydrogen-bond acceptors (Lipinski definition) is 2. The fourth-order valence-corrected chi connectivity index (χ4v) is 2.64. The van der Waals surface area contributed by atoms with Crippen LogP contribution in [0.5, 0.6) is 0 Å². The number of aryl methyl sites for hydroxylation is 1. The van der Waals surface area contributed by atoms with Gasteiger partial charge in [-0.2, -0.15) is 0 Å². The van der Waals surface area contributed by atoms with Crippen LogP contribution < -0.4 is 5.73 Å². The third-order valence-corrected chi connectivity index (χ3v) is 3.65. The monoisotopic (exact) mass is 233 g/mol. The molecule has 17 heavy (non-hydrogen) atoms. The minimum atomic E-state index is 0.190. The van der Waals surface area contributed by atoms with E-state index in [1.54, 1.807) is 0 Å². The van der Waals surface area contributed by atoms with Gasteiger partial charge in [0.2, 0.25) is 0 Å². The van der Waals surface area contributed by atoms with Gasteiger partial charge < -0.3 is 10.5 Å². The molecule has 2 atom stereocenters. The summed E-state index contributed by atoms with van der Waals surface area (Å²) in [4.78, 5) is 0. The van der Waals surface area contributed by atoms with E-state index in [4.69, 9.17) is 10.5 Å². The van der Waals surface area contributed by atoms with Gasteiger partial charge in [-0.05, 0) is 50.2 Å². The summed E-state index contributed by atoms with van der Waals surface area (Å²) in [6, 6.07) is 8.76. The van der Waals surface area contributed by atoms with Crippen LogP contribution in [-0.4, -0.2) is 12.7 Å². The lowest BCUT2D eigenvalue weighted by molar-refractivity contribution is 0.0643. The predicted octanol–water partition coefficient (Wildman–Crippen LogP) is 3.06. The third-order valence-electron chi connectivity index (χ3n) is 3.65. The van der Waals surface area contributed by atoms with Crippen molar-refractivity contribution in [1.82, 2.24) is 0 Å². The summed E-state index contributed by atoms with van der Waals surface area (Å²) in [5.74, 6) is 0.573. The van der Waals surface area contributed by atoms with Gasteiger partial charge >= 0.3 is 0 Å². The maximum Gasteiger partial charge on any atom is 0.0518 e. The molecular formula is C15H23NO. The lowest BCUT2D eigenvalue weighted by atomic mass is 9.79. The first-order valence-corrected chi connectivity index (χ1v) is 6.63. The fourth-order valence-electron chi connectivity index (χ4n) is 2.64. The Labute approximate surface area is 104 Å². The second-order valence-corrected chi connectivity index (χ2v) is 5.23. The van der Waals surface area contributed by atoms with Gasteiger partial charge in [0, 0.05) is 12.6 Å². The number of nitrogens with two attached hydrogens (primary N) is 1. The topological polar surface area (TPSA) is 35.2 Å². The van der Waals surface area contributed by atoms with E-state index in [1.807, 2.05) is 0 Å². The van der Waals surface area contributed by atoms with Crippen LogP contribution in [0.3, 0.4) is 0 Å². The van der Waals surface area contributed by atoms with Crippen molar-refractivity contribution in [2.24, 2.45) is 11.7 Å². The lowest BCUT2D eigenvalue weighted by Gasteiger charge is -2.31. The molecule has 1 aromatic rings. The molecule has 94 valence electrons. The van der Waals surface area contributed by atoms with E-state index in [0.717, 1.165) is 19.4 Å². The highest BCUT2D eigenvalue weighted by Crippen LogP contribution is 2.34. The summed E-state index contributed by atoms with van der Waals surface area (Å²) in [6.45, 7) is 4.99. The van der Waals surface area contributed by atoms with Crippen molar-refractivity contribution in [2.45, 2.75) is 45.3 Å². The van der Waals surface area contributed by atoms with Crippen molar-refractivity contribution in [3.63, 3.8) is 0 Å². The number of hydrogen-bond donors (Lipinski definition) is 1. The normalized spacial score (nSPS) is 23.8. The Hall–Kier alpha value is -0.860. The first-order valence-electron chi connectivity index (χ1n) is 6.63. The molecule has 1 aliphatic rings. The minimum Gasteiger partial charge on any atom is -0.379 e. The zero-order valence-corrected chi connectivity index (χ0v) is 10.9. The molecule has 0 bridgehead atoms. The Morgan fingerprint density at radius 1 is 1.35 bits per heavy atom. The van der Waals surface area contributed by atoms with E-state index >= 15 is 0 Å². The smallest absolute Gasteiger partial charge is 0.0518 e. The van der Waals surface area contributed by atoms with E-state index in [1.165, 1.54) is 17.5 Å². The highest BCUT2D eigenvalue weighted by atomic mass is 16.5. The Morgan fingerprint density at radius 2 is 2.12 bits per heavy atom. The molecule has 0 spiro atoms. The van der Waals surface area contributed by atoms with Crippen molar-refractivity contribution >= 4 is 0 Å². The van der Waals surface area contributed by atoms with Gasteiger partial charge in [-0.1, -0.05) is 24.3 Å². The quantitative estimate of drug-likeness (QED) is 0.867. The maximum absolute atomic E-state index is 6.35. The van der Waals surface area contributed by atoms with Gasteiger partial charge in [0.05, 0.1) is 6.10 Å². The maximum atomic E-state index is 6.35. The first kappa shape index (κ1) is 12.6. The Kier molecular flexibility index (Phi) is 4.19. The molecular weight excluding hydrogens is 210 g/mol. The molecule has 0 heterocycles. The second kappa shape index (κ2) is 5.65. The summed E-state index contributed by atoms with van der Waals surface area (Å²) >= 11 is 0. The molecule has 1 aromatic carbocycles. The van der Waals surface area contributed by atoms with Gasteiger partial charge in [0.1, 0.15) is 0 Å². The van der Waals surface area contributed by atoms with E-state index in [-0.39, 0.29) is 6.04 Å². The first-order chi connectivity index (χ1) is 8.18. The van der Waals surface area contributed by atoms with Crippen LogP contribution in [0.1, 0.15) is 43.9 Å². The standard InChI is InChI=1S/C15H23NO/c1-11(2)17-10-9-13-8-7-12-5-3-4-6-14(12)15(13)16/h3-6,11,13,15H,7-10,16H2,1-2H3. The molecule has 0 radical (unpaired) electrons. The summed E-state index contributed by atoms with van der Waals surface area (Å²) in [5, 5.41) is 0. The van der Waals surface area contributed by atoms with Gasteiger partial charge in [0.25, 0.3) is 0 Å². The number of rotatable bonds is 4. The van der Waals surface area contributed by atoms with Gasteiger partial charge in [0.15, 0.2) is 0 Å². The zero-order chi connectivity index (χ0) is 12.3. The van der Waals surface area contributed by atoms with Crippen molar-refractivity contribution < 1.29 is 4.74 Å². The molecule has 1 aliphatic carbocycles. The molecule has 0 amide bonds. The molecule has 2 unspecified atom stereocenters. The van der Waals surface area contributed by atoms with Gasteiger partial charge in [-0.25, -0.2) is 0 Å². The van der Waals surface area contributed by atoms with Gasteiger partial charge in [-0.3, -0.25) is 0 Å². The second-order valence-electron chi connectivity index (χ2n) is 5.23. The van der Waals surface area contributed by atoms with E-state index in [0.29, 0.717) is 12.0 Å². The van der Waals surface area contributed by atoms with Crippen molar-refractivity contribution in [3.05, 3.63) is 35.4 Å². The van der Waals surface area contributed by atoms with Crippen LogP contribution in [0.15, 0.2) is 24.3 Å². The summed E-state index contributed by atoms with van der Waals surface area (Å²) in [6.07, 6.45) is 3.76. The highest BCUT2D eigenvalue weighted by molar-refractivity contribution is 5.32. The average Bonchev–Trinajstić information content (AvgIpc) is 2.32. The minimum absolute atomic E-state index is 0.190. The third kappa shape index (κ3) is 3.08. The number of ether oxygens (including phenoxy) is 1. The van der Waals surface area contributed by atoms with Crippen LogP contribution in [0.4, 0.5) is 0 Å². The molecule has 0 fully saturated rings. The SMILES string of the molecule is CC(C)OCCC1CCc2ccccc2C1N. The number of benzene rings is 1. The van der Waals surface area contributed by atoms with Crippen molar-refractivity contribution in [3.8, 4) is 0 Å². The Bertz CT molecular complexity index is 362. The summed E-state index contributed by atoms with van der Waals surface area (Å²) < 4.78 is 5.63. The average molecular weight is 233 g/mol. The Morgan fingerprint density at radius 3 is 2.88 bits per heavy atom. The highest BCUT2D eigenvalue weighted by Gasteiger charge is 2.25. The van der Waals surface area contributed by atoms with E-state index < -0.39 is 0 Å². The summed E-state index contributed by atoms with van der Waals surface area (Å²) in [7, 11) is 0. The van der Waals surface area contributed by atoms with Crippen LogP contribution in [0, 0.1) is 5.92 Å². The fraction of sp³-hybridized carbons (Fsp3) is 0.600. The van der Waals surface area contributed by atoms with E-state index in [2.05, 4.69) is 38.1 Å². The van der Waals surface area contributed by atoms with Crippen LogP contribution in [0.2, 0.25) is 0 Å². The molecule has 0 aliphatic heterocycles. The molecule has 0 aromatic heterocycles. The van der Waals surface area contributed by atoms with E-state index in [9.17, 15) is 0 Å². The van der Waals surface area contributed by atoms with Crippen LogP contribution >= 0.6 is 0 Å². The number of fused-ring (bicyclic) bond motifs is 1. The molecule has 2 nitrogen and oxygen atoms in total. The zero-order valence-electron chi connectivity index (χ0n) is 10.9. The predicted molar refractivity (Wildman–Crippen MR) is 70.9 cm³/mol. The van der Waals surface area contributed by atoms with Crippen LogP contribution in [-0.2, 0) is 11.2 Å². The Balaban J connectivity index is 1.95. The van der Waals surface area contributed by atoms with Crippen molar-refractivity contribution in [2.75, 3.05) is 6.61 Å². The largest absolute Gasteiger partial charge is 0.379 e. The lowest BCUT2D eigenvalue weighted by Crippen LogP contribution is -2.28. The molecule has 2 rings (SSSR count). The molecule has 0 saturated carbocycles. The summed E-state index contributed by atoms with van der Waals surface area (Å²) in [5.41, 5.74) is 9.12. The van der Waals surface area contributed by atoms with Gasteiger partial charge in [-0.15, -0.1) is 0 Å².